The Kier molecular flexibility index (Phi) is 9.55. The molecule has 0 spiro atoms. The summed E-state index contributed by atoms with van der Waals surface area (Å²) in [5, 5.41) is 10.1. The third kappa shape index (κ3) is 7.39. The molecule has 2 aromatic carbocycles. The second-order valence-corrected chi connectivity index (χ2v) is 6.27. The van der Waals surface area contributed by atoms with Gasteiger partial charge < -0.3 is 25.4 Å². The van der Waals surface area contributed by atoms with Crippen LogP contribution in [-0.4, -0.2) is 46.4 Å². The summed E-state index contributed by atoms with van der Waals surface area (Å²) in [6, 6.07) is 16.2. The van der Waals surface area contributed by atoms with Gasteiger partial charge in [-0.05, 0) is 49.6 Å². The third-order valence-electron chi connectivity index (χ3n) is 4.21. The summed E-state index contributed by atoms with van der Waals surface area (Å²) in [5.74, 6) is 2.35. The fourth-order valence-electron chi connectivity index (χ4n) is 2.76. The van der Waals surface area contributed by atoms with Crippen molar-refractivity contribution in [2.75, 3.05) is 45.7 Å². The lowest BCUT2D eigenvalue weighted by molar-refractivity contribution is 0.354. The first-order valence-corrected chi connectivity index (χ1v) is 9.78. The van der Waals surface area contributed by atoms with Crippen molar-refractivity contribution < 1.29 is 9.47 Å². The molecule has 0 amide bonds. The SMILES string of the molecule is CCNC(=NCCCNc1ccccc1)NCCc1ccc(OC)c(OC)c1. The molecule has 152 valence electrons. The molecule has 0 aromatic heterocycles. The summed E-state index contributed by atoms with van der Waals surface area (Å²) in [5.41, 5.74) is 2.33. The van der Waals surface area contributed by atoms with Gasteiger partial charge in [-0.1, -0.05) is 24.3 Å². The van der Waals surface area contributed by atoms with Crippen molar-refractivity contribution in [1.82, 2.24) is 10.6 Å². The summed E-state index contributed by atoms with van der Waals surface area (Å²) >= 11 is 0. The van der Waals surface area contributed by atoms with Gasteiger partial charge in [0, 0.05) is 31.9 Å². The minimum absolute atomic E-state index is 0.748. The molecule has 2 rings (SSSR count). The molecule has 6 heteroatoms. The van der Waals surface area contributed by atoms with Crippen LogP contribution in [0.5, 0.6) is 11.5 Å². The van der Waals surface area contributed by atoms with Crippen LogP contribution in [0.2, 0.25) is 0 Å². The molecule has 0 radical (unpaired) electrons. The number of guanidine groups is 1. The van der Waals surface area contributed by atoms with Crippen molar-refractivity contribution >= 4 is 11.6 Å². The lowest BCUT2D eigenvalue weighted by Crippen LogP contribution is -2.38. The lowest BCUT2D eigenvalue weighted by Gasteiger charge is -2.13. The number of hydrogen-bond donors (Lipinski definition) is 3. The molecule has 3 N–H and O–H groups in total. The lowest BCUT2D eigenvalue weighted by atomic mass is 10.1. The van der Waals surface area contributed by atoms with Gasteiger partial charge in [-0.3, -0.25) is 4.99 Å². The van der Waals surface area contributed by atoms with Crippen molar-refractivity contribution in [2.24, 2.45) is 4.99 Å². The monoisotopic (exact) mass is 384 g/mol. The fraction of sp³-hybridized carbons (Fsp3) is 0.409. The predicted octanol–water partition coefficient (Wildman–Crippen LogP) is 3.30. The topological polar surface area (TPSA) is 66.9 Å². The predicted molar refractivity (Wildman–Crippen MR) is 117 cm³/mol. The Morgan fingerprint density at radius 2 is 1.71 bits per heavy atom. The van der Waals surface area contributed by atoms with Crippen LogP contribution < -0.4 is 25.4 Å². The first-order chi connectivity index (χ1) is 13.8. The molecule has 0 atom stereocenters. The summed E-state index contributed by atoms with van der Waals surface area (Å²) in [7, 11) is 3.30. The maximum absolute atomic E-state index is 5.36. The summed E-state index contributed by atoms with van der Waals surface area (Å²) < 4.78 is 10.6. The van der Waals surface area contributed by atoms with Crippen molar-refractivity contribution in [1.29, 1.82) is 0 Å². The number of nitrogens with zero attached hydrogens (tertiary/aromatic N) is 1. The molecule has 28 heavy (non-hydrogen) atoms. The molecule has 0 aliphatic carbocycles. The average molecular weight is 385 g/mol. The second-order valence-electron chi connectivity index (χ2n) is 6.27. The van der Waals surface area contributed by atoms with Crippen LogP contribution in [0.4, 0.5) is 5.69 Å². The van der Waals surface area contributed by atoms with Gasteiger partial charge in [0.1, 0.15) is 0 Å². The third-order valence-corrected chi connectivity index (χ3v) is 4.21. The average Bonchev–Trinajstić information content (AvgIpc) is 2.74. The van der Waals surface area contributed by atoms with E-state index in [0.717, 1.165) is 62.2 Å². The highest BCUT2D eigenvalue weighted by Crippen LogP contribution is 2.27. The van der Waals surface area contributed by atoms with Crippen LogP contribution in [0, 0.1) is 0 Å². The molecule has 0 heterocycles. The van der Waals surface area contributed by atoms with E-state index in [9.17, 15) is 0 Å². The summed E-state index contributed by atoms with van der Waals surface area (Å²) in [6.45, 7) is 5.38. The Labute approximate surface area is 168 Å². The molecule has 2 aromatic rings. The molecule has 0 aliphatic rings. The number of nitrogens with one attached hydrogen (secondary N) is 3. The number of ether oxygens (including phenoxy) is 2. The highest BCUT2D eigenvalue weighted by atomic mass is 16.5. The van der Waals surface area contributed by atoms with Crippen molar-refractivity contribution in [3.05, 3.63) is 54.1 Å². The number of anilines is 1. The Bertz CT molecular complexity index is 720. The van der Waals surface area contributed by atoms with Gasteiger partial charge in [-0.2, -0.15) is 0 Å². The molecule has 0 saturated heterocycles. The zero-order chi connectivity index (χ0) is 20.0. The highest BCUT2D eigenvalue weighted by molar-refractivity contribution is 5.79. The highest BCUT2D eigenvalue weighted by Gasteiger charge is 2.05. The Hall–Kier alpha value is -2.89. The van der Waals surface area contributed by atoms with Crippen LogP contribution in [0.1, 0.15) is 18.9 Å². The Morgan fingerprint density at radius 1 is 0.929 bits per heavy atom. The van der Waals surface area contributed by atoms with E-state index < -0.39 is 0 Å². The largest absolute Gasteiger partial charge is 0.493 e. The zero-order valence-electron chi connectivity index (χ0n) is 17.1. The molecule has 0 unspecified atom stereocenters. The molecule has 0 saturated carbocycles. The summed E-state index contributed by atoms with van der Waals surface area (Å²) in [6.07, 6.45) is 1.85. The van der Waals surface area contributed by atoms with E-state index in [1.54, 1.807) is 14.2 Å². The van der Waals surface area contributed by atoms with E-state index in [1.807, 2.05) is 30.3 Å². The first-order valence-electron chi connectivity index (χ1n) is 9.78. The van der Waals surface area contributed by atoms with Crippen LogP contribution >= 0.6 is 0 Å². The van der Waals surface area contributed by atoms with Gasteiger partial charge in [0.05, 0.1) is 14.2 Å². The standard InChI is InChI=1S/C22H32N4O2/c1-4-23-22(25-15-8-14-24-19-9-6-5-7-10-19)26-16-13-18-11-12-20(27-2)21(17-18)28-3/h5-7,9-12,17,24H,4,8,13-16H2,1-3H3,(H2,23,25,26). The van der Waals surface area contributed by atoms with Gasteiger partial charge in [0.2, 0.25) is 0 Å². The maximum Gasteiger partial charge on any atom is 0.191 e. The van der Waals surface area contributed by atoms with E-state index >= 15 is 0 Å². The van der Waals surface area contributed by atoms with Crippen LogP contribution in [0.25, 0.3) is 0 Å². The van der Waals surface area contributed by atoms with E-state index in [4.69, 9.17) is 9.47 Å². The number of methoxy groups -OCH3 is 2. The quantitative estimate of drug-likeness (QED) is 0.315. The van der Waals surface area contributed by atoms with Crippen molar-refractivity contribution in [2.45, 2.75) is 19.8 Å². The van der Waals surface area contributed by atoms with E-state index in [1.165, 1.54) is 5.56 Å². The van der Waals surface area contributed by atoms with E-state index in [0.29, 0.717) is 0 Å². The number of aliphatic imine (C=N–C) groups is 1. The smallest absolute Gasteiger partial charge is 0.191 e. The van der Waals surface area contributed by atoms with Crippen molar-refractivity contribution in [3.8, 4) is 11.5 Å². The molecular weight excluding hydrogens is 352 g/mol. The number of benzene rings is 2. The van der Waals surface area contributed by atoms with Crippen molar-refractivity contribution in [3.63, 3.8) is 0 Å². The maximum atomic E-state index is 5.36. The van der Waals surface area contributed by atoms with Gasteiger partial charge in [0.15, 0.2) is 17.5 Å². The first kappa shape index (κ1) is 21.4. The van der Waals surface area contributed by atoms with E-state index in [-0.39, 0.29) is 0 Å². The normalized spacial score (nSPS) is 11.0. The number of hydrogen-bond acceptors (Lipinski definition) is 4. The minimum atomic E-state index is 0.748. The Morgan fingerprint density at radius 3 is 2.43 bits per heavy atom. The van der Waals surface area contributed by atoms with Gasteiger partial charge >= 0.3 is 0 Å². The van der Waals surface area contributed by atoms with Gasteiger partial charge in [0.25, 0.3) is 0 Å². The molecular formula is C22H32N4O2. The summed E-state index contributed by atoms with van der Waals surface area (Å²) in [4.78, 5) is 4.65. The van der Waals surface area contributed by atoms with Crippen LogP contribution in [-0.2, 0) is 6.42 Å². The second kappa shape index (κ2) is 12.5. The fourth-order valence-corrected chi connectivity index (χ4v) is 2.76. The molecule has 0 bridgehead atoms. The molecule has 0 fully saturated rings. The Balaban J connectivity index is 1.74. The van der Waals surface area contributed by atoms with Gasteiger partial charge in [-0.25, -0.2) is 0 Å². The number of rotatable bonds is 11. The zero-order valence-corrected chi connectivity index (χ0v) is 17.1. The van der Waals surface area contributed by atoms with Gasteiger partial charge in [-0.15, -0.1) is 0 Å². The molecule has 0 aliphatic heterocycles. The molecule has 6 nitrogen and oxygen atoms in total. The minimum Gasteiger partial charge on any atom is -0.493 e. The number of para-hydroxylation sites is 1. The van der Waals surface area contributed by atoms with Crippen LogP contribution in [0.15, 0.2) is 53.5 Å². The van der Waals surface area contributed by atoms with Crippen LogP contribution in [0.3, 0.4) is 0 Å². The van der Waals surface area contributed by atoms with E-state index in [2.05, 4.69) is 46.1 Å².